The van der Waals surface area contributed by atoms with Gasteiger partial charge < -0.3 is 10.2 Å². The highest BCUT2D eigenvalue weighted by Crippen LogP contribution is 2.49. The fraction of sp³-hybridized carbons (Fsp3) is 1.00. The van der Waals surface area contributed by atoms with Crippen LogP contribution < -0.4 is 0 Å². The second-order valence-corrected chi connectivity index (χ2v) is 13.1. The quantitative estimate of drug-likeness (QED) is 0.297. The van der Waals surface area contributed by atoms with Crippen molar-refractivity contribution in [2.24, 2.45) is 11.8 Å². The third kappa shape index (κ3) is 7.27. The Morgan fingerprint density at radius 3 is 1.06 bits per heavy atom. The first-order valence-corrected chi connectivity index (χ1v) is 16.4. The minimum absolute atomic E-state index is 0.363. The molecule has 0 heterocycles. The third-order valence-electron chi connectivity index (χ3n) is 10.7. The summed E-state index contributed by atoms with van der Waals surface area (Å²) in [6.07, 6.45) is 29.7. The smallest absolute Gasteiger partial charge is 0.132 e. The normalized spacial score (nSPS) is 40.8. The Bertz CT molecular complexity index is 559. The van der Waals surface area contributed by atoms with E-state index < -0.39 is 23.4 Å². The molecule has 0 aromatic carbocycles. The van der Waals surface area contributed by atoms with Crippen LogP contribution in [0.15, 0.2) is 0 Å². The van der Waals surface area contributed by atoms with Gasteiger partial charge in [0.2, 0.25) is 0 Å². The Labute approximate surface area is 222 Å². The van der Waals surface area contributed by atoms with Gasteiger partial charge in [-0.3, -0.25) is 0 Å². The van der Waals surface area contributed by atoms with Crippen LogP contribution in [0.5, 0.6) is 0 Å². The lowest BCUT2D eigenvalue weighted by Crippen LogP contribution is -2.59. The van der Waals surface area contributed by atoms with Gasteiger partial charge in [0.25, 0.3) is 0 Å². The summed E-state index contributed by atoms with van der Waals surface area (Å²) in [5.74, 6) is 0.727. The van der Waals surface area contributed by atoms with Gasteiger partial charge in [0.1, 0.15) is 11.2 Å². The predicted molar refractivity (Wildman–Crippen MR) is 147 cm³/mol. The molecule has 0 radical (unpaired) electrons. The molecule has 2 N–H and O–H groups in total. The molecular weight excluding hydrogens is 448 g/mol. The molecular formula is C32H58O4. The summed E-state index contributed by atoms with van der Waals surface area (Å²) in [4.78, 5) is 13.6. The summed E-state index contributed by atoms with van der Waals surface area (Å²) in [7, 11) is 0. The number of hydrogen-bond donors (Lipinski definition) is 2. The van der Waals surface area contributed by atoms with Crippen LogP contribution in [0.1, 0.15) is 167 Å². The highest BCUT2D eigenvalue weighted by atomic mass is 17.2. The van der Waals surface area contributed by atoms with Crippen LogP contribution in [0, 0.1) is 11.8 Å². The summed E-state index contributed by atoms with van der Waals surface area (Å²) in [6.45, 7) is 0. The average molecular weight is 507 g/mol. The van der Waals surface area contributed by atoms with Crippen molar-refractivity contribution in [1.29, 1.82) is 0 Å². The van der Waals surface area contributed by atoms with Crippen molar-refractivity contribution in [3.8, 4) is 0 Å². The molecule has 4 rings (SSSR count). The number of aliphatic hydroxyl groups is 2. The van der Waals surface area contributed by atoms with Crippen LogP contribution in [-0.2, 0) is 9.78 Å². The van der Waals surface area contributed by atoms with E-state index in [4.69, 9.17) is 9.78 Å². The highest BCUT2D eigenvalue weighted by molar-refractivity contribution is 5.00. The van der Waals surface area contributed by atoms with E-state index >= 15 is 0 Å². The van der Waals surface area contributed by atoms with Gasteiger partial charge in [-0.1, -0.05) is 116 Å². The molecule has 4 fully saturated rings. The maximum Gasteiger partial charge on any atom is 0.132 e. The van der Waals surface area contributed by atoms with Gasteiger partial charge in [-0.2, -0.15) is 0 Å². The molecule has 210 valence electrons. The lowest BCUT2D eigenvalue weighted by molar-refractivity contribution is -0.463. The molecule has 0 bridgehead atoms. The lowest BCUT2D eigenvalue weighted by Gasteiger charge is -2.51. The van der Waals surface area contributed by atoms with Crippen molar-refractivity contribution in [1.82, 2.24) is 0 Å². The summed E-state index contributed by atoms with van der Waals surface area (Å²) in [6, 6.07) is 0. The minimum atomic E-state index is -0.600. The Hall–Kier alpha value is -0.160. The predicted octanol–water partition coefficient (Wildman–Crippen LogP) is 8.56. The Kier molecular flexibility index (Phi) is 11.9. The van der Waals surface area contributed by atoms with Gasteiger partial charge in [-0.15, -0.1) is 0 Å². The topological polar surface area (TPSA) is 58.9 Å². The van der Waals surface area contributed by atoms with E-state index in [0.29, 0.717) is 11.8 Å². The molecule has 4 heteroatoms. The van der Waals surface area contributed by atoms with E-state index in [-0.39, 0.29) is 0 Å². The molecule has 36 heavy (non-hydrogen) atoms. The van der Waals surface area contributed by atoms with Crippen molar-refractivity contribution in [2.75, 3.05) is 0 Å². The fourth-order valence-electron chi connectivity index (χ4n) is 8.35. The molecule has 0 saturated heterocycles. The SMILES string of the molecule is OC1CCCC2CCCCCCCCCCC12OOC12CCCCCCCCCCC1CCCC2O. The second-order valence-electron chi connectivity index (χ2n) is 13.1. The molecule has 0 aliphatic heterocycles. The van der Waals surface area contributed by atoms with Crippen LogP contribution in [-0.4, -0.2) is 33.6 Å². The summed E-state index contributed by atoms with van der Waals surface area (Å²) < 4.78 is 0. The van der Waals surface area contributed by atoms with Crippen LogP contribution in [0.2, 0.25) is 0 Å². The van der Waals surface area contributed by atoms with Gasteiger partial charge >= 0.3 is 0 Å². The molecule has 6 unspecified atom stereocenters. The van der Waals surface area contributed by atoms with Crippen LogP contribution in [0.3, 0.4) is 0 Å². The zero-order valence-electron chi connectivity index (χ0n) is 23.4. The largest absolute Gasteiger partial charge is 0.390 e. The molecule has 4 aliphatic rings. The van der Waals surface area contributed by atoms with Crippen molar-refractivity contribution < 1.29 is 20.0 Å². The Morgan fingerprint density at radius 2 is 0.667 bits per heavy atom. The maximum absolute atomic E-state index is 11.5. The van der Waals surface area contributed by atoms with Crippen LogP contribution >= 0.6 is 0 Å². The van der Waals surface area contributed by atoms with Crippen molar-refractivity contribution in [3.63, 3.8) is 0 Å². The molecule has 0 aromatic heterocycles. The van der Waals surface area contributed by atoms with Crippen LogP contribution in [0.25, 0.3) is 0 Å². The first-order valence-electron chi connectivity index (χ1n) is 16.4. The zero-order chi connectivity index (χ0) is 25.1. The first-order chi connectivity index (χ1) is 17.7. The van der Waals surface area contributed by atoms with E-state index in [1.165, 1.54) is 89.9 Å². The number of aliphatic hydroxyl groups excluding tert-OH is 2. The molecule has 4 saturated carbocycles. The molecule has 4 aliphatic carbocycles. The van der Waals surface area contributed by atoms with E-state index in [2.05, 4.69) is 0 Å². The van der Waals surface area contributed by atoms with Crippen molar-refractivity contribution in [3.05, 3.63) is 0 Å². The van der Waals surface area contributed by atoms with Crippen LogP contribution in [0.4, 0.5) is 0 Å². The standard InChI is InChI=1S/C32H58O4/c33-29-23-17-21-27-19-13-9-5-1-3-7-11-15-25-31(27,29)35-36-32-26-16-12-8-4-2-6-10-14-20-28(32)22-18-24-30(32)34/h27-30,33-34H,1-26H2. The zero-order valence-corrected chi connectivity index (χ0v) is 23.4. The monoisotopic (exact) mass is 506 g/mol. The number of fused-ring (bicyclic) bond motifs is 2. The van der Waals surface area contributed by atoms with Gasteiger partial charge in [0, 0.05) is 0 Å². The van der Waals surface area contributed by atoms with Gasteiger partial charge in [0.05, 0.1) is 12.2 Å². The molecule has 4 nitrogen and oxygen atoms in total. The molecule has 0 amide bonds. The maximum atomic E-state index is 11.5. The summed E-state index contributed by atoms with van der Waals surface area (Å²) in [5.41, 5.74) is -1.20. The minimum Gasteiger partial charge on any atom is -0.390 e. The second kappa shape index (κ2) is 14.8. The summed E-state index contributed by atoms with van der Waals surface area (Å²) >= 11 is 0. The number of hydrogen-bond acceptors (Lipinski definition) is 4. The average Bonchev–Trinajstić information content (AvgIpc) is 2.86. The first kappa shape index (κ1) is 28.8. The van der Waals surface area contributed by atoms with E-state index in [9.17, 15) is 10.2 Å². The highest BCUT2D eigenvalue weighted by Gasteiger charge is 2.54. The molecule has 6 atom stereocenters. The van der Waals surface area contributed by atoms with Crippen molar-refractivity contribution >= 4 is 0 Å². The van der Waals surface area contributed by atoms with Gasteiger partial charge in [0.15, 0.2) is 0 Å². The van der Waals surface area contributed by atoms with E-state index in [0.717, 1.165) is 77.0 Å². The third-order valence-corrected chi connectivity index (χ3v) is 10.7. The van der Waals surface area contributed by atoms with E-state index in [1.54, 1.807) is 0 Å². The fourth-order valence-corrected chi connectivity index (χ4v) is 8.35. The molecule has 0 spiro atoms. The van der Waals surface area contributed by atoms with Gasteiger partial charge in [-0.05, 0) is 63.2 Å². The van der Waals surface area contributed by atoms with E-state index in [1.807, 2.05) is 0 Å². The Morgan fingerprint density at radius 1 is 0.361 bits per heavy atom. The van der Waals surface area contributed by atoms with Gasteiger partial charge in [-0.25, -0.2) is 9.78 Å². The Balaban J connectivity index is 1.56. The lowest BCUT2D eigenvalue weighted by atomic mass is 9.68. The summed E-state index contributed by atoms with van der Waals surface area (Å²) in [5, 5.41) is 23.1. The van der Waals surface area contributed by atoms with Crippen molar-refractivity contribution in [2.45, 2.75) is 190 Å². The number of rotatable bonds is 3. The molecule has 0 aromatic rings.